The summed E-state index contributed by atoms with van der Waals surface area (Å²) in [4.78, 5) is 38.4. The van der Waals surface area contributed by atoms with Crippen LogP contribution in [0.4, 0.5) is 4.39 Å². The molecule has 2 aromatic rings. The summed E-state index contributed by atoms with van der Waals surface area (Å²) < 4.78 is 18.9. The van der Waals surface area contributed by atoms with E-state index in [9.17, 15) is 18.8 Å². The molecule has 1 amide bonds. The van der Waals surface area contributed by atoms with Gasteiger partial charge in [-0.25, -0.2) is 9.18 Å². The van der Waals surface area contributed by atoms with Crippen molar-refractivity contribution >= 4 is 29.4 Å². The molecular weight excluding hydrogens is 381 g/mol. The van der Waals surface area contributed by atoms with Crippen LogP contribution < -0.4 is 0 Å². The summed E-state index contributed by atoms with van der Waals surface area (Å²) >= 11 is 1.55. The zero-order valence-electron chi connectivity index (χ0n) is 15.0. The third kappa shape index (κ3) is 3.09. The maximum absolute atomic E-state index is 13.7. The molecule has 0 aliphatic carbocycles. The second-order valence-corrected chi connectivity index (χ2v) is 8.05. The number of ether oxygens (including phenoxy) is 1. The molecule has 2 heterocycles. The van der Waals surface area contributed by atoms with Crippen LogP contribution in [-0.2, 0) is 19.2 Å². The summed E-state index contributed by atoms with van der Waals surface area (Å²) in [6.07, 6.45) is 0.984. The van der Waals surface area contributed by atoms with Crippen LogP contribution in [0.3, 0.4) is 0 Å². The number of carbonyl (C=O) groups is 3. The van der Waals surface area contributed by atoms with E-state index in [1.807, 2.05) is 30.3 Å². The van der Waals surface area contributed by atoms with Crippen molar-refractivity contribution in [3.05, 3.63) is 71.5 Å². The average molecular weight is 399 g/mol. The van der Waals surface area contributed by atoms with Gasteiger partial charge in [-0.1, -0.05) is 42.5 Å². The van der Waals surface area contributed by atoms with E-state index < -0.39 is 35.1 Å². The van der Waals surface area contributed by atoms with Crippen molar-refractivity contribution in [2.75, 3.05) is 12.4 Å². The van der Waals surface area contributed by atoms with Crippen LogP contribution in [-0.4, -0.2) is 41.0 Å². The van der Waals surface area contributed by atoms with Gasteiger partial charge in [0.2, 0.25) is 11.7 Å². The molecular formula is C21H18FNO4S. The number of ketones is 1. The van der Waals surface area contributed by atoms with Crippen molar-refractivity contribution in [1.82, 2.24) is 4.90 Å². The molecule has 0 radical (unpaired) electrons. The number of Topliss-reactive ketones (excluding diaryl/α,β-unsaturated/α-hetero) is 1. The van der Waals surface area contributed by atoms with E-state index in [0.29, 0.717) is 18.6 Å². The van der Waals surface area contributed by atoms with E-state index in [4.69, 9.17) is 4.74 Å². The lowest BCUT2D eigenvalue weighted by Crippen LogP contribution is -2.47. The number of rotatable bonds is 5. The van der Waals surface area contributed by atoms with Crippen LogP contribution in [0.2, 0.25) is 0 Å². The number of esters is 1. The van der Waals surface area contributed by atoms with Crippen LogP contribution in [0.5, 0.6) is 0 Å². The summed E-state index contributed by atoms with van der Waals surface area (Å²) in [7, 11) is 0. The summed E-state index contributed by atoms with van der Waals surface area (Å²) in [6, 6.07) is 14.4. The van der Waals surface area contributed by atoms with Gasteiger partial charge in [0, 0.05) is 12.2 Å². The summed E-state index contributed by atoms with van der Waals surface area (Å²) in [5.74, 6) is -1.61. The molecule has 2 saturated heterocycles. The Balaban J connectivity index is 1.49. The Morgan fingerprint density at radius 3 is 2.61 bits per heavy atom. The first-order valence-corrected chi connectivity index (χ1v) is 9.97. The largest absolute Gasteiger partial charge is 0.456 e. The van der Waals surface area contributed by atoms with Crippen molar-refractivity contribution in [2.45, 2.75) is 23.8 Å². The molecule has 2 aliphatic heterocycles. The first kappa shape index (κ1) is 18.7. The zero-order valence-corrected chi connectivity index (χ0v) is 15.8. The number of benzene rings is 2. The SMILES string of the molecule is O=C(COC(=O)[C@@H]1CS[C@@]2(c3ccccc3)CCC(=O)N12)c1ccccc1F. The molecule has 2 aromatic carbocycles. The third-order valence-corrected chi connectivity index (χ3v) is 6.74. The van der Waals surface area contributed by atoms with Gasteiger partial charge in [-0.15, -0.1) is 11.8 Å². The van der Waals surface area contributed by atoms with Gasteiger partial charge < -0.3 is 9.64 Å². The molecule has 0 bridgehead atoms. The Hall–Kier alpha value is -2.67. The highest BCUT2D eigenvalue weighted by Crippen LogP contribution is 2.54. The van der Waals surface area contributed by atoms with Gasteiger partial charge in [-0.05, 0) is 24.1 Å². The molecule has 7 heteroatoms. The molecule has 144 valence electrons. The Morgan fingerprint density at radius 1 is 1.14 bits per heavy atom. The van der Waals surface area contributed by atoms with E-state index in [2.05, 4.69) is 0 Å². The molecule has 0 unspecified atom stereocenters. The van der Waals surface area contributed by atoms with Gasteiger partial charge in [0.15, 0.2) is 6.61 Å². The van der Waals surface area contributed by atoms with E-state index in [-0.39, 0.29) is 11.5 Å². The number of thioether (sulfide) groups is 1. The fraction of sp³-hybridized carbons (Fsp3) is 0.286. The Labute approximate surface area is 165 Å². The number of carbonyl (C=O) groups excluding carboxylic acids is 3. The zero-order chi connectivity index (χ0) is 19.7. The molecule has 2 atom stereocenters. The van der Waals surface area contributed by atoms with Crippen LogP contribution >= 0.6 is 11.8 Å². The first-order valence-electron chi connectivity index (χ1n) is 8.99. The predicted octanol–water partition coefficient (Wildman–Crippen LogP) is 3.14. The molecule has 0 saturated carbocycles. The second kappa shape index (κ2) is 7.39. The normalized spacial score (nSPS) is 23.5. The fourth-order valence-electron chi connectivity index (χ4n) is 3.81. The lowest BCUT2D eigenvalue weighted by molar-refractivity contribution is -0.152. The summed E-state index contributed by atoms with van der Waals surface area (Å²) in [5.41, 5.74) is 0.857. The van der Waals surface area contributed by atoms with Gasteiger partial charge in [0.25, 0.3) is 0 Å². The van der Waals surface area contributed by atoms with Crippen molar-refractivity contribution in [2.24, 2.45) is 0 Å². The molecule has 5 nitrogen and oxygen atoms in total. The van der Waals surface area contributed by atoms with Gasteiger partial charge in [0.1, 0.15) is 16.7 Å². The van der Waals surface area contributed by atoms with E-state index >= 15 is 0 Å². The first-order chi connectivity index (χ1) is 13.5. The highest BCUT2D eigenvalue weighted by Gasteiger charge is 2.57. The minimum absolute atomic E-state index is 0.101. The van der Waals surface area contributed by atoms with Gasteiger partial charge in [-0.2, -0.15) is 0 Å². The maximum atomic E-state index is 13.7. The van der Waals surface area contributed by atoms with Crippen LogP contribution in [0.1, 0.15) is 28.8 Å². The maximum Gasteiger partial charge on any atom is 0.330 e. The Morgan fingerprint density at radius 2 is 1.86 bits per heavy atom. The fourth-order valence-corrected chi connectivity index (χ4v) is 5.45. The lowest BCUT2D eigenvalue weighted by atomic mass is 10.0. The minimum Gasteiger partial charge on any atom is -0.456 e. The molecule has 2 fully saturated rings. The quantitative estimate of drug-likeness (QED) is 0.571. The van der Waals surface area contributed by atoms with Crippen molar-refractivity contribution < 1.29 is 23.5 Å². The monoisotopic (exact) mass is 399 g/mol. The van der Waals surface area contributed by atoms with E-state index in [0.717, 1.165) is 5.56 Å². The molecule has 2 aliphatic rings. The number of halogens is 1. The van der Waals surface area contributed by atoms with Crippen LogP contribution in [0.25, 0.3) is 0 Å². The topological polar surface area (TPSA) is 63.7 Å². The Kier molecular flexibility index (Phi) is 4.93. The van der Waals surface area contributed by atoms with Crippen molar-refractivity contribution in [3.8, 4) is 0 Å². The van der Waals surface area contributed by atoms with E-state index in [1.54, 1.807) is 22.7 Å². The standard InChI is InChI=1S/C21H18FNO4S/c22-16-9-5-4-8-15(16)18(24)12-27-20(26)17-13-28-21(11-10-19(25)23(17)21)14-6-2-1-3-7-14/h1-9,17H,10-13H2/t17-,21+/m0/s1. The van der Waals surface area contributed by atoms with Crippen molar-refractivity contribution in [1.29, 1.82) is 0 Å². The number of nitrogens with zero attached hydrogens (tertiary/aromatic N) is 1. The summed E-state index contributed by atoms with van der Waals surface area (Å²) in [5, 5.41) is 0. The Bertz CT molecular complexity index is 935. The number of amides is 1. The average Bonchev–Trinajstić information content (AvgIpc) is 3.26. The smallest absolute Gasteiger partial charge is 0.330 e. The summed E-state index contributed by atoms with van der Waals surface area (Å²) in [6.45, 7) is -0.554. The number of hydrogen-bond donors (Lipinski definition) is 0. The molecule has 0 N–H and O–H groups in total. The van der Waals surface area contributed by atoms with Crippen molar-refractivity contribution in [3.63, 3.8) is 0 Å². The highest BCUT2D eigenvalue weighted by atomic mass is 32.2. The van der Waals surface area contributed by atoms with Gasteiger partial charge in [-0.3, -0.25) is 9.59 Å². The third-order valence-electron chi connectivity index (χ3n) is 5.14. The van der Waals surface area contributed by atoms with E-state index in [1.165, 1.54) is 18.2 Å². The molecule has 0 aromatic heterocycles. The lowest BCUT2D eigenvalue weighted by Gasteiger charge is -2.33. The van der Waals surface area contributed by atoms with Gasteiger partial charge >= 0.3 is 5.97 Å². The van der Waals surface area contributed by atoms with Crippen LogP contribution in [0, 0.1) is 5.82 Å². The van der Waals surface area contributed by atoms with Gasteiger partial charge in [0.05, 0.1) is 5.56 Å². The molecule has 28 heavy (non-hydrogen) atoms. The minimum atomic E-state index is -0.756. The van der Waals surface area contributed by atoms with Crippen LogP contribution in [0.15, 0.2) is 54.6 Å². The molecule has 4 rings (SSSR count). The number of hydrogen-bond acceptors (Lipinski definition) is 5. The molecule has 0 spiro atoms. The number of fused-ring (bicyclic) bond motifs is 1. The second-order valence-electron chi connectivity index (χ2n) is 6.75. The predicted molar refractivity (Wildman–Crippen MR) is 102 cm³/mol. The highest BCUT2D eigenvalue weighted by molar-refractivity contribution is 8.00.